The summed E-state index contributed by atoms with van der Waals surface area (Å²) in [6.45, 7) is 5.65. The minimum Gasteiger partial charge on any atom is -0.380 e. The molecule has 0 spiro atoms. The molecule has 2 aliphatic heterocycles. The van der Waals surface area contributed by atoms with Gasteiger partial charge in [-0.15, -0.1) is 0 Å². The topological polar surface area (TPSA) is 24.5 Å². The van der Waals surface area contributed by atoms with Crippen molar-refractivity contribution in [3.05, 3.63) is 0 Å². The highest BCUT2D eigenvalue weighted by Crippen LogP contribution is 2.22. The lowest BCUT2D eigenvalue weighted by atomic mass is 9.97. The third-order valence-electron chi connectivity index (χ3n) is 2.90. The quantitative estimate of drug-likeness (QED) is 0.641. The first-order valence-corrected chi connectivity index (χ1v) is 4.86. The lowest BCUT2D eigenvalue weighted by Crippen LogP contribution is -2.54. The molecule has 2 fully saturated rings. The number of nitrogens with one attached hydrogen (secondary N) is 1. The first-order chi connectivity index (χ1) is 5.90. The lowest BCUT2D eigenvalue weighted by Gasteiger charge is -2.42. The zero-order valence-electron chi connectivity index (χ0n) is 7.75. The third-order valence-corrected chi connectivity index (χ3v) is 2.90. The zero-order valence-corrected chi connectivity index (χ0v) is 7.75. The molecule has 0 amide bonds. The van der Waals surface area contributed by atoms with Crippen LogP contribution < -0.4 is 5.32 Å². The van der Waals surface area contributed by atoms with Crippen molar-refractivity contribution in [2.45, 2.75) is 12.5 Å². The van der Waals surface area contributed by atoms with E-state index in [-0.39, 0.29) is 0 Å². The van der Waals surface area contributed by atoms with Gasteiger partial charge in [-0.05, 0) is 19.4 Å². The largest absolute Gasteiger partial charge is 0.380 e. The molecule has 0 aliphatic carbocycles. The molecule has 0 radical (unpaired) electrons. The Hall–Kier alpha value is -0.120. The average Bonchev–Trinajstić information content (AvgIpc) is 2.47. The Bertz CT molecular complexity index is 139. The van der Waals surface area contributed by atoms with Gasteiger partial charge in [-0.2, -0.15) is 0 Å². The number of likely N-dealkylation sites (tertiary alicyclic amines) is 1. The molecule has 1 N–H and O–H groups in total. The van der Waals surface area contributed by atoms with E-state index in [0.717, 1.165) is 25.2 Å². The Morgan fingerprint density at radius 1 is 1.50 bits per heavy atom. The van der Waals surface area contributed by atoms with Crippen molar-refractivity contribution in [2.24, 2.45) is 5.92 Å². The van der Waals surface area contributed by atoms with Crippen molar-refractivity contribution in [3.8, 4) is 0 Å². The first-order valence-electron chi connectivity index (χ1n) is 4.86. The molecule has 2 aliphatic rings. The summed E-state index contributed by atoms with van der Waals surface area (Å²) in [7, 11) is 2.03. The standard InChI is InChI=1S/C9H18N2O/c1-10-4-8-5-11(6-8)9-2-3-12-7-9/h8-10H,2-7H2,1H3. The number of nitrogens with zero attached hydrogens (tertiary/aromatic N) is 1. The smallest absolute Gasteiger partial charge is 0.0622 e. The maximum absolute atomic E-state index is 5.35. The van der Waals surface area contributed by atoms with Crippen molar-refractivity contribution in [3.63, 3.8) is 0 Å². The highest BCUT2D eigenvalue weighted by Gasteiger charge is 2.33. The van der Waals surface area contributed by atoms with E-state index in [1.165, 1.54) is 26.1 Å². The summed E-state index contributed by atoms with van der Waals surface area (Å²) in [6.07, 6.45) is 1.24. The molecule has 0 aromatic rings. The second-order valence-corrected chi connectivity index (χ2v) is 3.90. The Labute approximate surface area is 74.1 Å². The molecule has 1 unspecified atom stereocenters. The Morgan fingerprint density at radius 3 is 2.92 bits per heavy atom. The fraction of sp³-hybridized carbons (Fsp3) is 1.00. The molecule has 0 bridgehead atoms. The normalized spacial score (nSPS) is 32.2. The molecule has 70 valence electrons. The number of hydrogen-bond acceptors (Lipinski definition) is 3. The first kappa shape index (κ1) is 8.48. The highest BCUT2D eigenvalue weighted by atomic mass is 16.5. The summed E-state index contributed by atoms with van der Waals surface area (Å²) in [5.41, 5.74) is 0. The number of rotatable bonds is 3. The monoisotopic (exact) mass is 170 g/mol. The van der Waals surface area contributed by atoms with Crippen LogP contribution in [0.25, 0.3) is 0 Å². The molecule has 3 heteroatoms. The lowest BCUT2D eigenvalue weighted by molar-refractivity contribution is 0.0459. The predicted octanol–water partition coefficient (Wildman–Crippen LogP) is -0.0735. The molecule has 0 aromatic heterocycles. The van der Waals surface area contributed by atoms with Crippen LogP contribution in [0.4, 0.5) is 0 Å². The van der Waals surface area contributed by atoms with Crippen LogP contribution in [-0.4, -0.2) is 50.8 Å². The highest BCUT2D eigenvalue weighted by molar-refractivity contribution is 4.87. The van der Waals surface area contributed by atoms with E-state index in [0.29, 0.717) is 0 Å². The minimum absolute atomic E-state index is 0.734. The molecule has 0 aromatic carbocycles. The van der Waals surface area contributed by atoms with Gasteiger partial charge in [-0.25, -0.2) is 0 Å². The molecule has 2 rings (SSSR count). The van der Waals surface area contributed by atoms with E-state index in [4.69, 9.17) is 4.74 Å². The summed E-state index contributed by atoms with van der Waals surface area (Å²) in [4.78, 5) is 2.55. The SMILES string of the molecule is CNCC1CN(C2CCOC2)C1. The van der Waals surface area contributed by atoms with Crippen molar-refractivity contribution < 1.29 is 4.74 Å². The van der Waals surface area contributed by atoms with Gasteiger partial charge in [0.25, 0.3) is 0 Å². The van der Waals surface area contributed by atoms with Crippen LogP contribution in [0.5, 0.6) is 0 Å². The maximum Gasteiger partial charge on any atom is 0.0622 e. The van der Waals surface area contributed by atoms with Gasteiger partial charge < -0.3 is 10.1 Å². The van der Waals surface area contributed by atoms with Crippen molar-refractivity contribution >= 4 is 0 Å². The summed E-state index contributed by atoms with van der Waals surface area (Å²) >= 11 is 0. The van der Waals surface area contributed by atoms with Gasteiger partial charge in [-0.3, -0.25) is 4.90 Å². The number of ether oxygens (including phenoxy) is 1. The molecular weight excluding hydrogens is 152 g/mol. The van der Waals surface area contributed by atoms with Gasteiger partial charge in [0.15, 0.2) is 0 Å². The fourth-order valence-electron chi connectivity index (χ4n) is 2.14. The van der Waals surface area contributed by atoms with Gasteiger partial charge in [-0.1, -0.05) is 0 Å². The van der Waals surface area contributed by atoms with E-state index in [1.807, 2.05) is 7.05 Å². The van der Waals surface area contributed by atoms with Gasteiger partial charge in [0.1, 0.15) is 0 Å². The summed E-state index contributed by atoms with van der Waals surface area (Å²) in [5, 5.41) is 3.22. The van der Waals surface area contributed by atoms with Crippen molar-refractivity contribution in [1.29, 1.82) is 0 Å². The van der Waals surface area contributed by atoms with Gasteiger partial charge in [0, 0.05) is 32.3 Å². The Morgan fingerprint density at radius 2 is 2.33 bits per heavy atom. The van der Waals surface area contributed by atoms with E-state index >= 15 is 0 Å². The Kier molecular flexibility index (Phi) is 2.63. The molecule has 3 nitrogen and oxygen atoms in total. The van der Waals surface area contributed by atoms with E-state index < -0.39 is 0 Å². The van der Waals surface area contributed by atoms with E-state index in [1.54, 1.807) is 0 Å². The molecule has 0 saturated carbocycles. The molecule has 12 heavy (non-hydrogen) atoms. The Balaban J connectivity index is 1.66. The van der Waals surface area contributed by atoms with Crippen molar-refractivity contribution in [2.75, 3.05) is 39.9 Å². The second kappa shape index (κ2) is 3.73. The second-order valence-electron chi connectivity index (χ2n) is 3.90. The van der Waals surface area contributed by atoms with Crippen LogP contribution in [-0.2, 0) is 4.74 Å². The van der Waals surface area contributed by atoms with Gasteiger partial charge in [0.05, 0.1) is 6.61 Å². The van der Waals surface area contributed by atoms with Gasteiger partial charge in [0.2, 0.25) is 0 Å². The summed E-state index contributed by atoms with van der Waals surface area (Å²) in [5.74, 6) is 0.885. The summed E-state index contributed by atoms with van der Waals surface area (Å²) in [6, 6.07) is 0.734. The number of hydrogen-bond donors (Lipinski definition) is 1. The maximum atomic E-state index is 5.35. The molecule has 1 atom stereocenters. The predicted molar refractivity (Wildman–Crippen MR) is 48.2 cm³/mol. The van der Waals surface area contributed by atoms with Crippen LogP contribution in [0.1, 0.15) is 6.42 Å². The molecular formula is C9H18N2O. The fourth-order valence-corrected chi connectivity index (χ4v) is 2.14. The van der Waals surface area contributed by atoms with Gasteiger partial charge >= 0.3 is 0 Å². The van der Waals surface area contributed by atoms with E-state index in [2.05, 4.69) is 10.2 Å². The van der Waals surface area contributed by atoms with Crippen LogP contribution in [0.2, 0.25) is 0 Å². The minimum atomic E-state index is 0.734. The van der Waals surface area contributed by atoms with Crippen LogP contribution in [0, 0.1) is 5.92 Å². The summed E-state index contributed by atoms with van der Waals surface area (Å²) < 4.78 is 5.35. The van der Waals surface area contributed by atoms with Crippen molar-refractivity contribution in [1.82, 2.24) is 10.2 Å². The van der Waals surface area contributed by atoms with Crippen LogP contribution in [0.15, 0.2) is 0 Å². The average molecular weight is 170 g/mol. The molecule has 2 saturated heterocycles. The third kappa shape index (κ3) is 1.63. The van der Waals surface area contributed by atoms with E-state index in [9.17, 15) is 0 Å². The van der Waals surface area contributed by atoms with Crippen LogP contribution in [0.3, 0.4) is 0 Å². The van der Waals surface area contributed by atoms with Crippen LogP contribution >= 0.6 is 0 Å². The molecule has 2 heterocycles. The zero-order chi connectivity index (χ0) is 8.39.